The van der Waals surface area contributed by atoms with Gasteiger partial charge in [0.1, 0.15) is 5.76 Å². The van der Waals surface area contributed by atoms with Gasteiger partial charge in [-0.1, -0.05) is 34.5 Å². The summed E-state index contributed by atoms with van der Waals surface area (Å²) in [6.07, 6.45) is 0. The monoisotopic (exact) mass is 427 g/mol. The minimum atomic E-state index is -0.360. The minimum Gasteiger partial charge on any atom is -0.450 e. The number of benzene rings is 1. The average Bonchev–Trinajstić information content (AvgIpc) is 3.18. The molecule has 0 spiro atoms. The number of rotatable bonds is 5. The van der Waals surface area contributed by atoms with Crippen molar-refractivity contribution in [3.8, 4) is 10.6 Å². The van der Waals surface area contributed by atoms with E-state index in [0.29, 0.717) is 26.6 Å². The Morgan fingerprint density at radius 2 is 1.93 bits per heavy atom. The molecule has 2 amide bonds. The lowest BCUT2D eigenvalue weighted by Gasteiger charge is -2.05. The zero-order chi connectivity index (χ0) is 19.6. The van der Waals surface area contributed by atoms with E-state index in [2.05, 4.69) is 15.6 Å². The predicted octanol–water partition coefficient (Wildman–Crippen LogP) is 5.40. The molecule has 0 aliphatic heterocycles. The molecule has 0 bridgehead atoms. The summed E-state index contributed by atoms with van der Waals surface area (Å²) >= 11 is 13.2. The fourth-order valence-corrected chi connectivity index (χ4v) is 3.94. The van der Waals surface area contributed by atoms with Crippen molar-refractivity contribution in [1.29, 1.82) is 0 Å². The van der Waals surface area contributed by atoms with Crippen LogP contribution in [0.3, 0.4) is 0 Å². The molecule has 27 heavy (non-hydrogen) atoms. The van der Waals surface area contributed by atoms with Crippen molar-refractivity contribution in [2.45, 2.75) is 20.4 Å². The van der Waals surface area contributed by atoms with Gasteiger partial charge in [-0.25, -0.2) is 4.98 Å². The highest BCUT2D eigenvalue weighted by Crippen LogP contribution is 2.33. The van der Waals surface area contributed by atoms with Gasteiger partial charge in [0, 0.05) is 26.4 Å². The van der Waals surface area contributed by atoms with Crippen LogP contribution in [0.4, 0.5) is 5.13 Å². The summed E-state index contributed by atoms with van der Waals surface area (Å²) in [6.45, 7) is 3.49. The molecule has 0 aliphatic rings. The molecule has 2 heterocycles. The molecular weight excluding hydrogens is 409 g/mol. The van der Waals surface area contributed by atoms with Gasteiger partial charge in [-0.2, -0.15) is 0 Å². The number of thiazole rings is 1. The first-order valence-corrected chi connectivity index (χ1v) is 9.47. The standard InChI is InChI=1S/C18H15Cl2N3O3S.2H2/c1-9-16(27-18(22-9)23-10(2)24)14-3-4-15(26-14)17(25)21-8-11-5-12(19)7-13(20)6-11;;/h3-7H,8H2,1-2H3,(H,21,25)(H,22,23,24);2*1H. The minimum absolute atomic E-state index is 0. The molecule has 0 unspecified atom stereocenters. The van der Waals surface area contributed by atoms with Crippen LogP contribution in [0.5, 0.6) is 0 Å². The van der Waals surface area contributed by atoms with Crippen molar-refractivity contribution in [1.82, 2.24) is 10.3 Å². The number of hydrogen-bond acceptors (Lipinski definition) is 5. The summed E-state index contributed by atoms with van der Waals surface area (Å²) in [6, 6.07) is 8.37. The van der Waals surface area contributed by atoms with E-state index in [-0.39, 0.29) is 27.0 Å². The van der Waals surface area contributed by atoms with Crippen LogP contribution in [-0.2, 0) is 11.3 Å². The molecule has 0 fully saturated rings. The smallest absolute Gasteiger partial charge is 0.287 e. The molecule has 6 nitrogen and oxygen atoms in total. The van der Waals surface area contributed by atoms with E-state index in [1.807, 2.05) is 6.92 Å². The van der Waals surface area contributed by atoms with Crippen LogP contribution in [0.2, 0.25) is 10.0 Å². The summed E-state index contributed by atoms with van der Waals surface area (Å²) < 4.78 is 5.66. The number of amides is 2. The third-order valence-corrected chi connectivity index (χ3v) is 5.03. The van der Waals surface area contributed by atoms with E-state index in [0.717, 1.165) is 10.4 Å². The van der Waals surface area contributed by atoms with E-state index in [9.17, 15) is 9.59 Å². The number of carbonyl (C=O) groups is 2. The summed E-state index contributed by atoms with van der Waals surface area (Å²) in [5, 5.41) is 6.89. The Labute approximate surface area is 172 Å². The van der Waals surface area contributed by atoms with Gasteiger partial charge in [0.25, 0.3) is 5.91 Å². The molecule has 0 radical (unpaired) electrons. The summed E-state index contributed by atoms with van der Waals surface area (Å²) in [5.41, 5.74) is 1.49. The number of nitrogens with one attached hydrogen (secondary N) is 2. The molecule has 2 aromatic heterocycles. The Hall–Kier alpha value is -2.35. The summed E-state index contributed by atoms with van der Waals surface area (Å²) in [7, 11) is 0. The third-order valence-electron chi connectivity index (χ3n) is 3.51. The number of carbonyl (C=O) groups excluding carboxylic acids is 2. The third kappa shape index (κ3) is 4.88. The second kappa shape index (κ2) is 8.12. The van der Waals surface area contributed by atoms with Gasteiger partial charge in [-0.3, -0.25) is 9.59 Å². The van der Waals surface area contributed by atoms with Crippen LogP contribution in [0.15, 0.2) is 34.7 Å². The van der Waals surface area contributed by atoms with Crippen molar-refractivity contribution in [3.63, 3.8) is 0 Å². The topological polar surface area (TPSA) is 84.2 Å². The number of aryl methyl sites for hydroxylation is 1. The van der Waals surface area contributed by atoms with Crippen LogP contribution in [0, 0.1) is 6.92 Å². The number of anilines is 1. The largest absolute Gasteiger partial charge is 0.450 e. The van der Waals surface area contributed by atoms with Crippen molar-refractivity contribution < 1.29 is 16.9 Å². The van der Waals surface area contributed by atoms with Crippen LogP contribution < -0.4 is 10.6 Å². The lowest BCUT2D eigenvalue weighted by atomic mass is 10.2. The number of hydrogen-bond donors (Lipinski definition) is 2. The fraction of sp³-hybridized carbons (Fsp3) is 0.167. The Kier molecular flexibility index (Phi) is 5.84. The quantitative estimate of drug-likeness (QED) is 0.570. The van der Waals surface area contributed by atoms with Crippen LogP contribution >= 0.6 is 34.5 Å². The van der Waals surface area contributed by atoms with Crippen molar-refractivity contribution >= 4 is 51.5 Å². The molecule has 0 saturated carbocycles. The van der Waals surface area contributed by atoms with Crippen LogP contribution in [0.25, 0.3) is 10.6 Å². The van der Waals surface area contributed by atoms with Gasteiger partial charge in [0.2, 0.25) is 5.91 Å². The summed E-state index contributed by atoms with van der Waals surface area (Å²) in [4.78, 5) is 28.5. The van der Waals surface area contributed by atoms with Crippen molar-refractivity contribution in [2.75, 3.05) is 5.32 Å². The highest BCUT2D eigenvalue weighted by molar-refractivity contribution is 7.19. The van der Waals surface area contributed by atoms with E-state index in [1.54, 1.807) is 30.3 Å². The van der Waals surface area contributed by atoms with Crippen molar-refractivity contribution in [2.24, 2.45) is 0 Å². The van der Waals surface area contributed by atoms with E-state index < -0.39 is 0 Å². The molecule has 1 aromatic carbocycles. The van der Waals surface area contributed by atoms with Crippen LogP contribution in [-0.4, -0.2) is 16.8 Å². The molecule has 0 saturated heterocycles. The van der Waals surface area contributed by atoms with Gasteiger partial charge in [0.15, 0.2) is 10.9 Å². The second-order valence-corrected chi connectivity index (χ2v) is 7.61. The van der Waals surface area contributed by atoms with Gasteiger partial charge < -0.3 is 15.1 Å². The van der Waals surface area contributed by atoms with Gasteiger partial charge >= 0.3 is 0 Å². The molecule has 3 aromatic rings. The zero-order valence-electron chi connectivity index (χ0n) is 14.4. The highest BCUT2D eigenvalue weighted by Gasteiger charge is 2.17. The predicted molar refractivity (Wildman–Crippen MR) is 111 cm³/mol. The maximum absolute atomic E-state index is 12.3. The van der Waals surface area contributed by atoms with Gasteiger partial charge in [0.05, 0.1) is 10.6 Å². The number of nitrogens with zero attached hydrogens (tertiary/aromatic N) is 1. The first kappa shape index (κ1) is 19.4. The van der Waals surface area contributed by atoms with E-state index in [4.69, 9.17) is 27.6 Å². The SMILES string of the molecule is CC(=O)Nc1nc(C)c(-c2ccc(C(=O)NCc3cc(Cl)cc(Cl)c3)o2)s1.[HH].[HH]. The van der Waals surface area contributed by atoms with Crippen molar-refractivity contribution in [3.05, 3.63) is 57.4 Å². The normalized spacial score (nSPS) is 10.7. The molecular formula is C18H19Cl2N3O3S. The fourth-order valence-electron chi connectivity index (χ4n) is 2.39. The van der Waals surface area contributed by atoms with Gasteiger partial charge in [-0.05, 0) is 42.8 Å². The lowest BCUT2D eigenvalue weighted by molar-refractivity contribution is -0.114. The van der Waals surface area contributed by atoms with Gasteiger partial charge in [-0.15, -0.1) is 0 Å². The number of halogens is 2. The Morgan fingerprint density at radius 3 is 2.59 bits per heavy atom. The maximum atomic E-state index is 12.3. The average molecular weight is 428 g/mol. The van der Waals surface area contributed by atoms with E-state index in [1.165, 1.54) is 18.3 Å². The first-order valence-electron chi connectivity index (χ1n) is 7.90. The number of furan rings is 1. The highest BCUT2D eigenvalue weighted by atomic mass is 35.5. The van der Waals surface area contributed by atoms with Crippen LogP contribution in [0.1, 0.15) is 31.6 Å². The molecule has 2 N–H and O–H groups in total. The second-order valence-electron chi connectivity index (χ2n) is 5.74. The number of aromatic nitrogens is 1. The molecule has 9 heteroatoms. The lowest BCUT2D eigenvalue weighted by Crippen LogP contribution is -2.22. The summed E-state index contributed by atoms with van der Waals surface area (Å²) in [5.74, 6) is 0.127. The zero-order valence-corrected chi connectivity index (χ0v) is 16.8. The molecule has 0 atom stereocenters. The molecule has 0 aliphatic carbocycles. The Morgan fingerprint density at radius 1 is 1.22 bits per heavy atom. The Balaban J connectivity index is 0.00000210. The van der Waals surface area contributed by atoms with E-state index >= 15 is 0 Å². The molecule has 3 rings (SSSR count). The Bertz CT molecular complexity index is 1000. The molecule has 144 valence electrons. The maximum Gasteiger partial charge on any atom is 0.287 e. The first-order chi connectivity index (χ1) is 12.8.